The first kappa shape index (κ1) is 23.5. The van der Waals surface area contributed by atoms with Crippen LogP contribution in [-0.2, 0) is 23.9 Å². The first-order valence-electron chi connectivity index (χ1n) is 8.39. The number of hydrogen-bond donors (Lipinski definition) is 4. The third-order valence-corrected chi connectivity index (χ3v) is 4.10. The highest BCUT2D eigenvalue weighted by Gasteiger charge is 2.55. The Hall–Kier alpha value is -1.52. The third-order valence-electron chi connectivity index (χ3n) is 4.10. The fraction of sp³-hybridized carbons (Fsp3) is 0.750. The fourth-order valence-electron chi connectivity index (χ4n) is 2.86. The van der Waals surface area contributed by atoms with Crippen LogP contribution in [0.25, 0.3) is 0 Å². The Morgan fingerprint density at radius 1 is 0.640 bits per heavy atom. The second-order valence-electron chi connectivity index (χ2n) is 5.77. The summed E-state index contributed by atoms with van der Waals surface area (Å²) in [6, 6.07) is 0. The number of rotatable bonds is 14. The number of Topliss-reactive ketones (excluding diaryl/α,β-unsaturated/α-hetero) is 4. The molecule has 0 aromatic carbocycles. The van der Waals surface area contributed by atoms with Gasteiger partial charge < -0.3 is 27.7 Å². The molecular weight excluding hydrogens is 328 g/mol. The Kier molecular flexibility index (Phi) is 9.83. The summed E-state index contributed by atoms with van der Waals surface area (Å²) in [5.41, 5.74) is 17.7. The zero-order valence-electron chi connectivity index (χ0n) is 15.0. The Balaban J connectivity index is 6.46. The van der Waals surface area contributed by atoms with Crippen molar-refractivity contribution in [2.75, 3.05) is 26.2 Å². The summed E-state index contributed by atoms with van der Waals surface area (Å²) in [6.07, 6.45) is 0.626. The molecule has 25 heavy (non-hydrogen) atoms. The van der Waals surface area contributed by atoms with Crippen LogP contribution in [0.15, 0.2) is 0 Å². The van der Waals surface area contributed by atoms with Crippen molar-refractivity contribution in [1.82, 2.24) is 0 Å². The number of ether oxygens (including phenoxy) is 1. The highest BCUT2D eigenvalue weighted by Crippen LogP contribution is 2.32. The quantitative estimate of drug-likeness (QED) is 0.260. The predicted octanol–water partition coefficient (Wildman–Crippen LogP) is -1.81. The number of carbonyl (C=O) groups excluding carboxylic acids is 4. The van der Waals surface area contributed by atoms with Crippen LogP contribution in [0, 0.1) is 0 Å². The summed E-state index contributed by atoms with van der Waals surface area (Å²) in [4.78, 5) is 50.1. The Labute approximate surface area is 147 Å². The summed E-state index contributed by atoms with van der Waals surface area (Å²) >= 11 is 0. The van der Waals surface area contributed by atoms with Crippen LogP contribution in [0.4, 0.5) is 0 Å². The second-order valence-corrected chi connectivity index (χ2v) is 5.77. The van der Waals surface area contributed by atoms with Crippen molar-refractivity contribution < 1.29 is 23.9 Å². The van der Waals surface area contributed by atoms with Crippen LogP contribution in [0.2, 0.25) is 0 Å². The maximum atomic E-state index is 12.5. The van der Waals surface area contributed by atoms with Gasteiger partial charge in [0.05, 0.1) is 26.2 Å². The van der Waals surface area contributed by atoms with Gasteiger partial charge in [0.15, 0.2) is 34.3 Å². The molecule has 0 atom stereocenters. The molecular formula is C16H30N4O5. The van der Waals surface area contributed by atoms with Gasteiger partial charge >= 0.3 is 0 Å². The first-order chi connectivity index (χ1) is 11.8. The molecule has 0 fully saturated rings. The van der Waals surface area contributed by atoms with E-state index in [0.29, 0.717) is 12.8 Å². The average Bonchev–Trinajstić information content (AvgIpc) is 2.63. The summed E-state index contributed by atoms with van der Waals surface area (Å²) in [6.45, 7) is 1.46. The van der Waals surface area contributed by atoms with Crippen LogP contribution in [-0.4, -0.2) is 60.5 Å². The SMILES string of the molecule is CCCC(OC(CCC)(C(=O)CN)C(=O)CN)(C(=O)CN)C(=O)CN. The molecule has 0 aliphatic rings. The molecule has 8 N–H and O–H groups in total. The minimum absolute atomic E-state index is 0.0553. The smallest absolute Gasteiger partial charge is 0.188 e. The molecule has 0 saturated carbocycles. The van der Waals surface area contributed by atoms with Gasteiger partial charge in [0.25, 0.3) is 0 Å². The normalized spacial score (nSPS) is 12.1. The zero-order chi connectivity index (χ0) is 19.7. The monoisotopic (exact) mass is 358 g/mol. The molecule has 0 aliphatic carbocycles. The molecule has 9 heteroatoms. The van der Waals surface area contributed by atoms with Crippen molar-refractivity contribution in [3.05, 3.63) is 0 Å². The zero-order valence-corrected chi connectivity index (χ0v) is 15.0. The predicted molar refractivity (Wildman–Crippen MR) is 92.6 cm³/mol. The van der Waals surface area contributed by atoms with Gasteiger partial charge in [-0.25, -0.2) is 0 Å². The summed E-state index contributed by atoms with van der Waals surface area (Å²) < 4.78 is 5.80. The van der Waals surface area contributed by atoms with E-state index in [9.17, 15) is 19.2 Å². The van der Waals surface area contributed by atoms with Gasteiger partial charge in [0, 0.05) is 0 Å². The van der Waals surface area contributed by atoms with Gasteiger partial charge in [0.1, 0.15) is 0 Å². The number of nitrogens with two attached hydrogens (primary N) is 4. The van der Waals surface area contributed by atoms with E-state index in [1.807, 2.05) is 0 Å². The summed E-state index contributed by atoms with van der Waals surface area (Å²) in [5.74, 6) is -2.94. The van der Waals surface area contributed by atoms with E-state index in [-0.39, 0.29) is 12.8 Å². The standard InChI is InChI=1S/C16H30N4O5/c1-3-5-15(11(21)7-17,12(22)8-18)25-16(6-4-2,13(23)9-19)14(24)10-20/h3-10,17-20H2,1-2H3. The molecule has 0 unspecified atom stereocenters. The molecule has 0 bridgehead atoms. The largest absolute Gasteiger partial charge is 0.337 e. The van der Waals surface area contributed by atoms with E-state index >= 15 is 0 Å². The molecule has 0 saturated heterocycles. The molecule has 0 aromatic heterocycles. The molecule has 144 valence electrons. The van der Waals surface area contributed by atoms with Gasteiger partial charge in [-0.05, 0) is 12.8 Å². The lowest BCUT2D eigenvalue weighted by Crippen LogP contribution is -2.64. The number of carbonyl (C=O) groups is 4. The molecule has 9 nitrogen and oxygen atoms in total. The van der Waals surface area contributed by atoms with E-state index in [1.54, 1.807) is 13.8 Å². The van der Waals surface area contributed by atoms with E-state index in [4.69, 9.17) is 27.7 Å². The Morgan fingerprint density at radius 2 is 0.880 bits per heavy atom. The van der Waals surface area contributed by atoms with Crippen LogP contribution < -0.4 is 22.9 Å². The van der Waals surface area contributed by atoms with Gasteiger partial charge in [-0.2, -0.15) is 0 Å². The number of ketones is 4. The molecule has 0 radical (unpaired) electrons. The summed E-state index contributed by atoms with van der Waals surface area (Å²) in [7, 11) is 0. The van der Waals surface area contributed by atoms with Gasteiger partial charge in [-0.1, -0.05) is 26.7 Å². The van der Waals surface area contributed by atoms with Crippen molar-refractivity contribution in [3.8, 4) is 0 Å². The highest BCUT2D eigenvalue weighted by molar-refractivity contribution is 6.15. The molecule has 0 rings (SSSR count). The molecule has 0 aliphatic heterocycles. The lowest BCUT2D eigenvalue weighted by molar-refractivity contribution is -0.190. The van der Waals surface area contributed by atoms with Gasteiger partial charge in [-0.15, -0.1) is 0 Å². The van der Waals surface area contributed by atoms with Crippen LogP contribution >= 0.6 is 0 Å². The van der Waals surface area contributed by atoms with Crippen LogP contribution in [0.3, 0.4) is 0 Å². The van der Waals surface area contributed by atoms with E-state index < -0.39 is 60.5 Å². The van der Waals surface area contributed by atoms with Crippen molar-refractivity contribution in [2.24, 2.45) is 22.9 Å². The Morgan fingerprint density at radius 3 is 1.04 bits per heavy atom. The van der Waals surface area contributed by atoms with E-state index in [0.717, 1.165) is 0 Å². The van der Waals surface area contributed by atoms with Crippen molar-refractivity contribution >= 4 is 23.1 Å². The molecule has 0 spiro atoms. The first-order valence-corrected chi connectivity index (χ1v) is 8.39. The molecule has 0 aromatic rings. The van der Waals surface area contributed by atoms with E-state index in [2.05, 4.69) is 0 Å². The van der Waals surface area contributed by atoms with Crippen molar-refractivity contribution in [1.29, 1.82) is 0 Å². The van der Waals surface area contributed by atoms with Gasteiger partial charge in [0.2, 0.25) is 0 Å². The highest BCUT2D eigenvalue weighted by atomic mass is 16.5. The maximum Gasteiger partial charge on any atom is 0.188 e. The molecule has 0 amide bonds. The average molecular weight is 358 g/mol. The lowest BCUT2D eigenvalue weighted by Gasteiger charge is -2.40. The lowest BCUT2D eigenvalue weighted by atomic mass is 9.82. The van der Waals surface area contributed by atoms with E-state index in [1.165, 1.54) is 0 Å². The Bertz CT molecular complexity index is 431. The summed E-state index contributed by atoms with van der Waals surface area (Å²) in [5, 5.41) is 0. The minimum atomic E-state index is -2.07. The topological polar surface area (TPSA) is 182 Å². The number of hydrogen-bond acceptors (Lipinski definition) is 9. The van der Waals surface area contributed by atoms with Crippen LogP contribution in [0.5, 0.6) is 0 Å². The third kappa shape index (κ3) is 4.77. The minimum Gasteiger partial charge on any atom is -0.337 e. The van der Waals surface area contributed by atoms with Crippen molar-refractivity contribution in [3.63, 3.8) is 0 Å². The second kappa shape index (κ2) is 10.5. The van der Waals surface area contributed by atoms with Crippen molar-refractivity contribution in [2.45, 2.75) is 50.7 Å². The fourth-order valence-corrected chi connectivity index (χ4v) is 2.86. The van der Waals surface area contributed by atoms with Gasteiger partial charge in [-0.3, -0.25) is 19.2 Å². The molecule has 0 heterocycles. The van der Waals surface area contributed by atoms with Crippen LogP contribution in [0.1, 0.15) is 39.5 Å². The maximum absolute atomic E-state index is 12.5.